The predicted octanol–water partition coefficient (Wildman–Crippen LogP) is 2.93. The average molecular weight is 420 g/mol. The third-order valence-electron chi connectivity index (χ3n) is 5.26. The predicted molar refractivity (Wildman–Crippen MR) is 107 cm³/mol. The molecule has 3 rings (SSSR count). The molecule has 0 spiro atoms. The number of ether oxygens (including phenoxy) is 1. The van der Waals surface area contributed by atoms with E-state index in [1.54, 1.807) is 0 Å². The second-order valence-corrected chi connectivity index (χ2v) is 7.47. The van der Waals surface area contributed by atoms with Crippen LogP contribution in [-0.4, -0.2) is 41.6 Å². The molecule has 2 aromatic carbocycles. The Morgan fingerprint density at radius 2 is 1.93 bits per heavy atom. The van der Waals surface area contributed by atoms with Crippen molar-refractivity contribution in [2.24, 2.45) is 0 Å². The number of carboxylic acid groups (broad SMARTS) is 1. The van der Waals surface area contributed by atoms with Crippen molar-refractivity contribution in [3.05, 3.63) is 70.3 Å². The topological polar surface area (TPSA) is 90.8 Å². The smallest absolute Gasteiger partial charge is 0.404 e. The second kappa shape index (κ2) is 9.97. The molecule has 4 N–H and O–H groups in total. The molecule has 0 bridgehead atoms. The van der Waals surface area contributed by atoms with Crippen molar-refractivity contribution in [3.8, 4) is 0 Å². The van der Waals surface area contributed by atoms with E-state index in [9.17, 15) is 18.7 Å². The summed E-state index contributed by atoms with van der Waals surface area (Å²) >= 11 is 0. The van der Waals surface area contributed by atoms with Gasteiger partial charge in [0.2, 0.25) is 0 Å². The zero-order valence-corrected chi connectivity index (χ0v) is 16.7. The summed E-state index contributed by atoms with van der Waals surface area (Å²) in [5.41, 5.74) is 3.62. The van der Waals surface area contributed by atoms with Gasteiger partial charge in [0.05, 0.1) is 31.4 Å². The Morgan fingerprint density at radius 3 is 2.60 bits per heavy atom. The van der Waals surface area contributed by atoms with E-state index in [0.717, 1.165) is 35.7 Å². The van der Waals surface area contributed by atoms with Crippen LogP contribution in [0.4, 0.5) is 13.6 Å². The first-order valence-corrected chi connectivity index (χ1v) is 9.91. The lowest BCUT2D eigenvalue weighted by Gasteiger charge is -2.30. The molecule has 0 saturated carbocycles. The van der Waals surface area contributed by atoms with Crippen LogP contribution < -0.4 is 10.6 Å². The third-order valence-corrected chi connectivity index (χ3v) is 5.26. The Morgan fingerprint density at radius 1 is 1.20 bits per heavy atom. The molecule has 0 aliphatic carbocycles. The fourth-order valence-corrected chi connectivity index (χ4v) is 3.70. The fraction of sp³-hybridized carbons (Fsp3) is 0.409. The third kappa shape index (κ3) is 5.75. The van der Waals surface area contributed by atoms with Gasteiger partial charge in [-0.3, -0.25) is 0 Å². The minimum absolute atomic E-state index is 0.0540. The molecular weight excluding hydrogens is 394 g/mol. The summed E-state index contributed by atoms with van der Waals surface area (Å²) in [7, 11) is 0. The molecule has 0 radical (unpaired) electrons. The standard InChI is InChI=1S/C22H26F2N2O4/c1-2-13-3-4-15-11-30-12-20(18(15)7-13)25-10-21(27)19(26-22(28)29)8-14-5-16(23)9-17(24)6-14/h3-7,9,19-21,25-27H,2,8,10-12H2,1H3,(H,28,29)/t19-,20?,21-/m0/s1. The minimum Gasteiger partial charge on any atom is -0.465 e. The van der Waals surface area contributed by atoms with Crippen molar-refractivity contribution in [2.45, 2.75) is 44.6 Å². The Bertz CT molecular complexity index is 873. The summed E-state index contributed by atoms with van der Waals surface area (Å²) < 4.78 is 32.6. The first-order valence-electron chi connectivity index (χ1n) is 9.91. The van der Waals surface area contributed by atoms with Gasteiger partial charge in [0.15, 0.2) is 0 Å². The van der Waals surface area contributed by atoms with Gasteiger partial charge in [-0.25, -0.2) is 13.6 Å². The molecule has 0 fully saturated rings. The first-order chi connectivity index (χ1) is 14.4. The Balaban J connectivity index is 1.69. The number of aliphatic hydroxyl groups excluding tert-OH is 1. The molecule has 1 aliphatic rings. The van der Waals surface area contributed by atoms with Crippen LogP contribution in [0.15, 0.2) is 36.4 Å². The van der Waals surface area contributed by atoms with Gasteiger partial charge in [0, 0.05) is 12.6 Å². The van der Waals surface area contributed by atoms with Crippen LogP contribution in [0.3, 0.4) is 0 Å². The summed E-state index contributed by atoms with van der Waals surface area (Å²) in [4.78, 5) is 11.2. The summed E-state index contributed by atoms with van der Waals surface area (Å²) in [6.07, 6.45) is -1.60. The molecule has 6 nitrogen and oxygen atoms in total. The Hall–Kier alpha value is -2.55. The quantitative estimate of drug-likeness (QED) is 0.527. The molecule has 1 unspecified atom stereocenters. The number of hydrogen-bond donors (Lipinski definition) is 4. The highest BCUT2D eigenvalue weighted by molar-refractivity contribution is 5.65. The maximum atomic E-state index is 13.5. The monoisotopic (exact) mass is 420 g/mol. The molecular formula is C22H26F2N2O4. The lowest BCUT2D eigenvalue weighted by atomic mass is 9.95. The van der Waals surface area contributed by atoms with Crippen LogP contribution >= 0.6 is 0 Å². The van der Waals surface area contributed by atoms with Crippen LogP contribution in [0.2, 0.25) is 0 Å². The van der Waals surface area contributed by atoms with Crippen molar-refractivity contribution in [3.63, 3.8) is 0 Å². The number of hydrogen-bond acceptors (Lipinski definition) is 4. The van der Waals surface area contributed by atoms with E-state index in [2.05, 4.69) is 29.7 Å². The zero-order chi connectivity index (χ0) is 21.7. The van der Waals surface area contributed by atoms with Crippen molar-refractivity contribution in [1.82, 2.24) is 10.6 Å². The van der Waals surface area contributed by atoms with E-state index in [0.29, 0.717) is 13.2 Å². The fourth-order valence-electron chi connectivity index (χ4n) is 3.70. The van der Waals surface area contributed by atoms with Gasteiger partial charge in [-0.15, -0.1) is 0 Å². The normalized spacial score (nSPS) is 17.8. The number of carbonyl (C=O) groups is 1. The number of amides is 1. The molecule has 30 heavy (non-hydrogen) atoms. The molecule has 1 aliphatic heterocycles. The molecule has 1 amide bonds. The summed E-state index contributed by atoms with van der Waals surface area (Å²) in [5.74, 6) is -1.51. The van der Waals surface area contributed by atoms with E-state index in [1.165, 1.54) is 5.56 Å². The van der Waals surface area contributed by atoms with Crippen molar-refractivity contribution in [2.75, 3.05) is 13.2 Å². The van der Waals surface area contributed by atoms with Gasteiger partial charge in [-0.05, 0) is 47.2 Å². The highest BCUT2D eigenvalue weighted by Gasteiger charge is 2.26. The Kier molecular flexibility index (Phi) is 7.36. The zero-order valence-electron chi connectivity index (χ0n) is 16.7. The molecule has 0 aromatic heterocycles. The average Bonchev–Trinajstić information content (AvgIpc) is 2.70. The van der Waals surface area contributed by atoms with E-state index in [4.69, 9.17) is 9.84 Å². The molecule has 162 valence electrons. The minimum atomic E-state index is -1.32. The summed E-state index contributed by atoms with van der Waals surface area (Å²) in [6.45, 7) is 3.10. The molecule has 3 atom stereocenters. The number of rotatable bonds is 8. The molecule has 8 heteroatoms. The van der Waals surface area contributed by atoms with Gasteiger partial charge >= 0.3 is 6.09 Å². The van der Waals surface area contributed by atoms with Gasteiger partial charge in [-0.1, -0.05) is 25.1 Å². The van der Waals surface area contributed by atoms with Gasteiger partial charge in [0.1, 0.15) is 11.6 Å². The van der Waals surface area contributed by atoms with Crippen LogP contribution in [0.5, 0.6) is 0 Å². The number of fused-ring (bicyclic) bond motifs is 1. The van der Waals surface area contributed by atoms with Gasteiger partial charge < -0.3 is 25.6 Å². The largest absolute Gasteiger partial charge is 0.465 e. The van der Waals surface area contributed by atoms with E-state index in [1.807, 2.05) is 6.07 Å². The molecule has 1 heterocycles. The SMILES string of the molecule is CCc1ccc2c(c1)C(NC[C@H](O)[C@H](Cc1cc(F)cc(F)c1)NC(=O)O)COC2. The van der Waals surface area contributed by atoms with E-state index >= 15 is 0 Å². The van der Waals surface area contributed by atoms with Crippen molar-refractivity contribution in [1.29, 1.82) is 0 Å². The van der Waals surface area contributed by atoms with Crippen molar-refractivity contribution >= 4 is 6.09 Å². The Labute approximate surface area is 173 Å². The second-order valence-electron chi connectivity index (χ2n) is 7.47. The maximum Gasteiger partial charge on any atom is 0.404 e. The maximum absolute atomic E-state index is 13.5. The van der Waals surface area contributed by atoms with Gasteiger partial charge in [-0.2, -0.15) is 0 Å². The van der Waals surface area contributed by atoms with Crippen LogP contribution in [0.25, 0.3) is 0 Å². The van der Waals surface area contributed by atoms with Crippen molar-refractivity contribution < 1.29 is 28.5 Å². The number of aryl methyl sites for hydroxylation is 1. The lowest BCUT2D eigenvalue weighted by molar-refractivity contribution is 0.0697. The lowest BCUT2D eigenvalue weighted by Crippen LogP contribution is -2.49. The number of benzene rings is 2. The van der Waals surface area contributed by atoms with Crippen LogP contribution in [-0.2, 0) is 24.2 Å². The molecule has 2 aromatic rings. The van der Waals surface area contributed by atoms with Gasteiger partial charge in [0.25, 0.3) is 0 Å². The first kappa shape index (κ1) is 22.1. The number of halogens is 2. The van der Waals surface area contributed by atoms with E-state index in [-0.39, 0.29) is 24.6 Å². The number of aliphatic hydroxyl groups is 1. The highest BCUT2D eigenvalue weighted by atomic mass is 19.1. The van der Waals surface area contributed by atoms with E-state index < -0.39 is 29.9 Å². The summed E-state index contributed by atoms with van der Waals surface area (Å²) in [6, 6.07) is 8.11. The number of nitrogens with one attached hydrogen (secondary N) is 2. The van der Waals surface area contributed by atoms with Crippen LogP contribution in [0.1, 0.15) is 35.2 Å². The molecule has 0 saturated heterocycles. The summed E-state index contributed by atoms with van der Waals surface area (Å²) in [5, 5.41) is 25.2. The van der Waals surface area contributed by atoms with Crippen LogP contribution in [0, 0.1) is 11.6 Å². The highest BCUT2D eigenvalue weighted by Crippen LogP contribution is 2.26.